The van der Waals surface area contributed by atoms with Gasteiger partial charge in [-0.25, -0.2) is 4.39 Å². The van der Waals surface area contributed by atoms with Gasteiger partial charge in [-0.1, -0.05) is 37.6 Å². The van der Waals surface area contributed by atoms with Crippen LogP contribution in [0.15, 0.2) is 48.5 Å². The van der Waals surface area contributed by atoms with Crippen molar-refractivity contribution in [2.45, 2.75) is 19.8 Å². The third kappa shape index (κ3) is 4.95. The Balaban J connectivity index is 1.80. The van der Waals surface area contributed by atoms with Crippen LogP contribution in [0, 0.1) is 5.82 Å². The Morgan fingerprint density at radius 2 is 1.55 bits per heavy atom. The molecule has 2 rings (SSSR count). The Morgan fingerprint density at radius 3 is 2.27 bits per heavy atom. The van der Waals surface area contributed by atoms with Crippen LogP contribution in [0.1, 0.15) is 19.8 Å². The minimum absolute atomic E-state index is 0.231. The van der Waals surface area contributed by atoms with Crippen LogP contribution in [0.2, 0.25) is 0 Å². The number of halogens is 1. The molecule has 0 atom stereocenters. The molecule has 0 bridgehead atoms. The first-order valence-corrected chi connectivity index (χ1v) is 7.75. The number of hydrogen-bond donors (Lipinski definition) is 2. The number of hydrogen-bond acceptors (Lipinski definition) is 3. The Morgan fingerprint density at radius 1 is 0.909 bits per heavy atom. The van der Waals surface area contributed by atoms with Gasteiger partial charge in [0.25, 0.3) is 0 Å². The van der Waals surface area contributed by atoms with E-state index in [1.165, 1.54) is 6.07 Å². The van der Waals surface area contributed by atoms with E-state index in [0.717, 1.165) is 30.9 Å². The zero-order valence-electron chi connectivity index (χ0n) is 12.9. The second-order valence-electron chi connectivity index (χ2n) is 5.03. The third-order valence-electron chi connectivity index (χ3n) is 3.27. The molecular formula is C18H23FN2O. The number of para-hydroxylation sites is 3. The maximum Gasteiger partial charge on any atom is 0.146 e. The van der Waals surface area contributed by atoms with Crippen molar-refractivity contribution in [1.82, 2.24) is 0 Å². The average Bonchev–Trinajstić information content (AvgIpc) is 2.54. The molecule has 0 radical (unpaired) electrons. The molecule has 0 unspecified atom stereocenters. The highest BCUT2D eigenvalue weighted by molar-refractivity contribution is 5.56. The molecule has 2 N–H and O–H groups in total. The molecule has 0 aliphatic rings. The minimum atomic E-state index is -0.231. The molecule has 0 aliphatic carbocycles. The fourth-order valence-electron chi connectivity index (χ4n) is 2.06. The number of nitrogens with one attached hydrogen (secondary N) is 2. The second kappa shape index (κ2) is 8.93. The lowest BCUT2D eigenvalue weighted by atomic mass is 10.3. The number of rotatable bonds is 9. The number of unbranched alkanes of at least 4 members (excludes halogenated alkanes) is 1. The van der Waals surface area contributed by atoms with Crippen molar-refractivity contribution in [3.63, 3.8) is 0 Å². The second-order valence-corrected chi connectivity index (χ2v) is 5.03. The van der Waals surface area contributed by atoms with Crippen molar-refractivity contribution in [2.75, 3.05) is 30.3 Å². The molecule has 0 spiro atoms. The lowest BCUT2D eigenvalue weighted by molar-refractivity contribution is 0.311. The van der Waals surface area contributed by atoms with Gasteiger partial charge in [0.15, 0.2) is 0 Å². The number of benzene rings is 2. The molecule has 0 saturated heterocycles. The van der Waals surface area contributed by atoms with Crippen molar-refractivity contribution in [3.05, 3.63) is 54.3 Å². The molecular weight excluding hydrogens is 279 g/mol. The van der Waals surface area contributed by atoms with Gasteiger partial charge in [0.05, 0.1) is 18.0 Å². The SMILES string of the molecule is CCCCOc1ccccc1NCCNc1ccccc1F. The Labute approximate surface area is 131 Å². The smallest absolute Gasteiger partial charge is 0.146 e. The van der Waals surface area contributed by atoms with Crippen molar-refractivity contribution in [1.29, 1.82) is 0 Å². The van der Waals surface area contributed by atoms with Gasteiger partial charge >= 0.3 is 0 Å². The highest BCUT2D eigenvalue weighted by Gasteiger charge is 2.02. The van der Waals surface area contributed by atoms with E-state index in [1.807, 2.05) is 30.3 Å². The summed E-state index contributed by atoms with van der Waals surface area (Å²) in [4.78, 5) is 0. The normalized spacial score (nSPS) is 10.3. The van der Waals surface area contributed by atoms with Gasteiger partial charge in [-0.15, -0.1) is 0 Å². The molecule has 0 saturated carbocycles. The van der Waals surface area contributed by atoms with Crippen LogP contribution in [0.4, 0.5) is 15.8 Å². The van der Waals surface area contributed by atoms with Crippen LogP contribution in [0.25, 0.3) is 0 Å². The van der Waals surface area contributed by atoms with E-state index in [9.17, 15) is 4.39 Å². The Kier molecular flexibility index (Phi) is 6.55. The van der Waals surface area contributed by atoms with Gasteiger partial charge in [0.2, 0.25) is 0 Å². The number of anilines is 2. The van der Waals surface area contributed by atoms with Gasteiger partial charge < -0.3 is 15.4 Å². The lowest BCUT2D eigenvalue weighted by Gasteiger charge is -2.14. The monoisotopic (exact) mass is 302 g/mol. The molecule has 4 heteroatoms. The first kappa shape index (κ1) is 16.1. The molecule has 2 aromatic rings. The summed E-state index contributed by atoms with van der Waals surface area (Å²) in [7, 11) is 0. The lowest BCUT2D eigenvalue weighted by Crippen LogP contribution is -2.15. The van der Waals surface area contributed by atoms with Crippen molar-refractivity contribution in [3.8, 4) is 5.75 Å². The Hall–Kier alpha value is -2.23. The molecule has 2 aromatic carbocycles. The zero-order valence-corrected chi connectivity index (χ0v) is 12.9. The standard InChI is InChI=1S/C18H23FN2O/c1-2-3-14-22-18-11-7-6-10-17(18)21-13-12-20-16-9-5-4-8-15(16)19/h4-11,20-21H,2-3,12-14H2,1H3. The van der Waals surface area contributed by atoms with Crippen molar-refractivity contribution >= 4 is 11.4 Å². The predicted molar refractivity (Wildman–Crippen MR) is 90.2 cm³/mol. The fraction of sp³-hybridized carbons (Fsp3) is 0.333. The molecule has 3 nitrogen and oxygen atoms in total. The van der Waals surface area contributed by atoms with E-state index < -0.39 is 0 Å². The highest BCUT2D eigenvalue weighted by atomic mass is 19.1. The minimum Gasteiger partial charge on any atom is -0.491 e. The van der Waals surface area contributed by atoms with E-state index in [4.69, 9.17) is 4.74 Å². The molecule has 0 heterocycles. The van der Waals surface area contributed by atoms with Gasteiger partial charge in [0, 0.05) is 13.1 Å². The van der Waals surface area contributed by atoms with Crippen LogP contribution in [-0.4, -0.2) is 19.7 Å². The summed E-state index contributed by atoms with van der Waals surface area (Å²) in [6, 6.07) is 14.6. The highest BCUT2D eigenvalue weighted by Crippen LogP contribution is 2.23. The van der Waals surface area contributed by atoms with Crippen LogP contribution < -0.4 is 15.4 Å². The average molecular weight is 302 g/mol. The van der Waals surface area contributed by atoms with Crippen LogP contribution in [-0.2, 0) is 0 Å². The first-order chi connectivity index (χ1) is 10.8. The number of ether oxygens (including phenoxy) is 1. The molecule has 22 heavy (non-hydrogen) atoms. The van der Waals surface area contributed by atoms with E-state index in [-0.39, 0.29) is 5.82 Å². The van der Waals surface area contributed by atoms with Gasteiger partial charge in [0.1, 0.15) is 11.6 Å². The van der Waals surface area contributed by atoms with Crippen LogP contribution >= 0.6 is 0 Å². The van der Waals surface area contributed by atoms with E-state index in [0.29, 0.717) is 18.8 Å². The maximum absolute atomic E-state index is 13.5. The predicted octanol–water partition coefficient (Wildman–Crippen LogP) is 4.53. The third-order valence-corrected chi connectivity index (χ3v) is 3.27. The first-order valence-electron chi connectivity index (χ1n) is 7.75. The quantitative estimate of drug-likeness (QED) is 0.668. The fourth-order valence-corrected chi connectivity index (χ4v) is 2.06. The van der Waals surface area contributed by atoms with Gasteiger partial charge in [-0.2, -0.15) is 0 Å². The van der Waals surface area contributed by atoms with E-state index in [2.05, 4.69) is 17.6 Å². The maximum atomic E-state index is 13.5. The van der Waals surface area contributed by atoms with Crippen molar-refractivity contribution in [2.24, 2.45) is 0 Å². The topological polar surface area (TPSA) is 33.3 Å². The molecule has 0 aliphatic heterocycles. The molecule has 0 aromatic heterocycles. The van der Waals surface area contributed by atoms with Crippen molar-refractivity contribution < 1.29 is 9.13 Å². The van der Waals surface area contributed by atoms with E-state index >= 15 is 0 Å². The van der Waals surface area contributed by atoms with Crippen LogP contribution in [0.5, 0.6) is 5.75 Å². The summed E-state index contributed by atoms with van der Waals surface area (Å²) in [5, 5.41) is 6.40. The largest absolute Gasteiger partial charge is 0.491 e. The molecule has 0 amide bonds. The zero-order chi connectivity index (χ0) is 15.6. The van der Waals surface area contributed by atoms with Gasteiger partial charge in [-0.3, -0.25) is 0 Å². The Bertz CT molecular complexity index is 575. The summed E-state index contributed by atoms with van der Waals surface area (Å²) in [5.74, 6) is 0.632. The summed E-state index contributed by atoms with van der Waals surface area (Å²) < 4.78 is 19.2. The van der Waals surface area contributed by atoms with Gasteiger partial charge in [-0.05, 0) is 30.7 Å². The summed E-state index contributed by atoms with van der Waals surface area (Å²) in [5.41, 5.74) is 1.49. The van der Waals surface area contributed by atoms with Crippen LogP contribution in [0.3, 0.4) is 0 Å². The summed E-state index contributed by atoms with van der Waals surface area (Å²) >= 11 is 0. The molecule has 0 fully saturated rings. The van der Waals surface area contributed by atoms with E-state index in [1.54, 1.807) is 12.1 Å². The summed E-state index contributed by atoms with van der Waals surface area (Å²) in [6.07, 6.45) is 2.16. The molecule has 118 valence electrons. The summed E-state index contributed by atoms with van der Waals surface area (Å²) in [6.45, 7) is 4.18.